The Hall–Kier alpha value is -2.25. The Balaban J connectivity index is 1.98. The smallest absolute Gasteiger partial charge is 0.328 e. The van der Waals surface area contributed by atoms with Crippen molar-refractivity contribution in [2.45, 2.75) is 50.7 Å². The van der Waals surface area contributed by atoms with Crippen LogP contribution in [0.5, 0.6) is 0 Å². The van der Waals surface area contributed by atoms with Crippen molar-refractivity contribution in [1.82, 2.24) is 10.2 Å². The number of carbonyl (C=O) groups excluding carboxylic acids is 1. The van der Waals surface area contributed by atoms with Gasteiger partial charge >= 0.3 is 11.9 Å². The largest absolute Gasteiger partial charge is 0.480 e. The third kappa shape index (κ3) is 5.37. The summed E-state index contributed by atoms with van der Waals surface area (Å²) >= 11 is 0. The zero-order chi connectivity index (χ0) is 19.1. The number of carboxylic acid groups (broad SMARTS) is 2. The average Bonchev–Trinajstić information content (AvgIpc) is 3.12. The van der Waals surface area contributed by atoms with Gasteiger partial charge in [0, 0.05) is 0 Å². The molecule has 1 heterocycles. The Bertz CT molecular complexity index is 628. The molecular formula is C19H26N2O5. The Morgan fingerprint density at radius 3 is 2.23 bits per heavy atom. The van der Waals surface area contributed by atoms with E-state index >= 15 is 0 Å². The maximum atomic E-state index is 12.6. The number of aliphatic carboxylic acids is 2. The van der Waals surface area contributed by atoms with Gasteiger partial charge in [-0.1, -0.05) is 30.3 Å². The number of likely N-dealkylation sites (tertiary alicyclic amines) is 1. The van der Waals surface area contributed by atoms with Crippen molar-refractivity contribution in [3.63, 3.8) is 0 Å². The predicted molar refractivity (Wildman–Crippen MR) is 96.0 cm³/mol. The van der Waals surface area contributed by atoms with Gasteiger partial charge in [0.15, 0.2) is 11.8 Å². The van der Waals surface area contributed by atoms with E-state index in [1.54, 1.807) is 4.90 Å². The predicted octanol–water partition coefficient (Wildman–Crippen LogP) is 1.17. The minimum absolute atomic E-state index is 0.318. The fourth-order valence-corrected chi connectivity index (χ4v) is 3.31. The molecule has 0 unspecified atom stereocenters. The molecule has 0 saturated carbocycles. The molecule has 0 aromatic heterocycles. The van der Waals surface area contributed by atoms with Gasteiger partial charge in [-0.05, 0) is 51.3 Å². The van der Waals surface area contributed by atoms with E-state index in [1.165, 1.54) is 6.92 Å². The highest BCUT2D eigenvalue weighted by Gasteiger charge is 2.37. The number of aryl methyl sites for hydroxylation is 1. The highest BCUT2D eigenvalue weighted by Crippen LogP contribution is 2.15. The van der Waals surface area contributed by atoms with Crippen LogP contribution >= 0.6 is 0 Å². The van der Waals surface area contributed by atoms with E-state index in [0.29, 0.717) is 25.9 Å². The quantitative estimate of drug-likeness (QED) is 0.536. The average molecular weight is 362 g/mol. The zero-order valence-corrected chi connectivity index (χ0v) is 14.9. The van der Waals surface area contributed by atoms with E-state index < -0.39 is 35.8 Å². The van der Waals surface area contributed by atoms with Crippen LogP contribution in [0.15, 0.2) is 30.3 Å². The van der Waals surface area contributed by atoms with Crippen molar-refractivity contribution in [2.75, 3.05) is 13.1 Å². The van der Waals surface area contributed by atoms with E-state index in [0.717, 1.165) is 18.4 Å². The standard InChI is InChI=1S/C19H26N2O5/c1-13(17(22)16(19(25)26)21-11-5-6-12-21)20-15(18(23)24)10-9-14-7-3-2-4-8-14/h2-4,7-8,13,15-16,20H,5-6,9-12H2,1H3,(H,23,24)(H,25,26)/t13-,15-,16-/m0/s1. The summed E-state index contributed by atoms with van der Waals surface area (Å²) in [5.41, 5.74) is 1.01. The van der Waals surface area contributed by atoms with Crippen LogP contribution in [0.2, 0.25) is 0 Å². The summed E-state index contributed by atoms with van der Waals surface area (Å²) in [6.45, 7) is 2.68. The molecule has 26 heavy (non-hydrogen) atoms. The molecule has 1 aromatic rings. The van der Waals surface area contributed by atoms with Crippen LogP contribution in [-0.4, -0.2) is 64.0 Å². The van der Waals surface area contributed by atoms with E-state index in [4.69, 9.17) is 0 Å². The van der Waals surface area contributed by atoms with Gasteiger partial charge in [0.1, 0.15) is 6.04 Å². The first-order chi connectivity index (χ1) is 12.4. The normalized spacial score (nSPS) is 18.2. The van der Waals surface area contributed by atoms with Crippen LogP contribution in [0.25, 0.3) is 0 Å². The molecule has 0 aliphatic carbocycles. The van der Waals surface area contributed by atoms with Gasteiger partial charge in [-0.25, -0.2) is 0 Å². The van der Waals surface area contributed by atoms with Crippen LogP contribution in [0.1, 0.15) is 31.7 Å². The molecule has 7 heteroatoms. The minimum atomic E-state index is -1.22. The van der Waals surface area contributed by atoms with Crippen molar-refractivity contribution in [2.24, 2.45) is 0 Å². The van der Waals surface area contributed by atoms with Gasteiger partial charge in [0.25, 0.3) is 0 Å². The van der Waals surface area contributed by atoms with Crippen molar-refractivity contribution in [3.05, 3.63) is 35.9 Å². The van der Waals surface area contributed by atoms with Gasteiger partial charge in [-0.15, -0.1) is 0 Å². The summed E-state index contributed by atoms with van der Waals surface area (Å²) in [6, 6.07) is 6.51. The number of nitrogens with one attached hydrogen (secondary N) is 1. The van der Waals surface area contributed by atoms with E-state index in [9.17, 15) is 24.6 Å². The second-order valence-electron chi connectivity index (χ2n) is 6.69. The van der Waals surface area contributed by atoms with Gasteiger partial charge in [0.05, 0.1) is 6.04 Å². The van der Waals surface area contributed by atoms with Gasteiger partial charge in [-0.2, -0.15) is 0 Å². The number of benzene rings is 1. The molecule has 0 spiro atoms. The molecule has 0 amide bonds. The first-order valence-corrected chi connectivity index (χ1v) is 8.93. The lowest BCUT2D eigenvalue weighted by atomic mass is 10.0. The number of carboxylic acids is 2. The van der Waals surface area contributed by atoms with Crippen molar-refractivity contribution in [3.8, 4) is 0 Å². The highest BCUT2D eigenvalue weighted by atomic mass is 16.4. The third-order valence-electron chi connectivity index (χ3n) is 4.75. The summed E-state index contributed by atoms with van der Waals surface area (Å²) in [4.78, 5) is 37.4. The summed E-state index contributed by atoms with van der Waals surface area (Å²) in [5, 5.41) is 21.7. The molecule has 142 valence electrons. The third-order valence-corrected chi connectivity index (χ3v) is 4.75. The monoisotopic (exact) mass is 362 g/mol. The number of Topliss-reactive ketones (excluding diaryl/α,β-unsaturated/α-hetero) is 1. The molecule has 1 saturated heterocycles. The summed E-state index contributed by atoms with van der Waals surface area (Å²) < 4.78 is 0. The summed E-state index contributed by atoms with van der Waals surface area (Å²) in [6.07, 6.45) is 2.61. The first kappa shape index (κ1) is 20.1. The molecule has 1 aliphatic rings. The lowest BCUT2D eigenvalue weighted by Crippen LogP contribution is -2.55. The van der Waals surface area contributed by atoms with Gasteiger partial charge < -0.3 is 10.2 Å². The summed E-state index contributed by atoms with van der Waals surface area (Å²) in [5.74, 6) is -2.72. The van der Waals surface area contributed by atoms with E-state index in [2.05, 4.69) is 5.32 Å². The van der Waals surface area contributed by atoms with Crippen LogP contribution in [-0.2, 0) is 20.8 Å². The number of ketones is 1. The van der Waals surface area contributed by atoms with Crippen LogP contribution in [0.3, 0.4) is 0 Å². The number of hydrogen-bond donors (Lipinski definition) is 3. The fourth-order valence-electron chi connectivity index (χ4n) is 3.31. The number of hydrogen-bond acceptors (Lipinski definition) is 5. The molecule has 0 bridgehead atoms. The Kier molecular flexibility index (Phi) is 7.29. The van der Waals surface area contributed by atoms with Crippen LogP contribution in [0.4, 0.5) is 0 Å². The Morgan fingerprint density at radius 1 is 1.08 bits per heavy atom. The van der Waals surface area contributed by atoms with E-state index in [-0.39, 0.29) is 0 Å². The molecule has 1 fully saturated rings. The lowest BCUT2D eigenvalue weighted by Gasteiger charge is -2.27. The lowest BCUT2D eigenvalue weighted by molar-refractivity contribution is -0.148. The number of nitrogens with zero attached hydrogens (tertiary/aromatic N) is 1. The van der Waals surface area contributed by atoms with Gasteiger partial charge in [-0.3, -0.25) is 24.6 Å². The maximum Gasteiger partial charge on any atom is 0.328 e. The molecule has 3 N–H and O–H groups in total. The molecular weight excluding hydrogens is 336 g/mol. The topological polar surface area (TPSA) is 107 Å². The summed E-state index contributed by atoms with van der Waals surface area (Å²) in [7, 11) is 0. The molecule has 0 radical (unpaired) electrons. The number of rotatable bonds is 10. The van der Waals surface area contributed by atoms with Crippen molar-refractivity contribution >= 4 is 17.7 Å². The second-order valence-corrected chi connectivity index (χ2v) is 6.69. The molecule has 3 atom stereocenters. The number of carbonyl (C=O) groups is 3. The first-order valence-electron chi connectivity index (χ1n) is 8.93. The molecule has 1 aliphatic heterocycles. The zero-order valence-electron chi connectivity index (χ0n) is 14.9. The van der Waals surface area contributed by atoms with Crippen LogP contribution < -0.4 is 5.32 Å². The fraction of sp³-hybridized carbons (Fsp3) is 0.526. The molecule has 2 rings (SSSR count). The van der Waals surface area contributed by atoms with Crippen LogP contribution in [0, 0.1) is 0 Å². The second kappa shape index (κ2) is 9.45. The molecule has 7 nitrogen and oxygen atoms in total. The van der Waals surface area contributed by atoms with Crippen molar-refractivity contribution in [1.29, 1.82) is 0 Å². The Morgan fingerprint density at radius 2 is 1.69 bits per heavy atom. The molecule has 1 aromatic carbocycles. The maximum absolute atomic E-state index is 12.6. The highest BCUT2D eigenvalue weighted by molar-refractivity contribution is 6.05. The SMILES string of the molecule is C[C@H](N[C@@H](CCc1ccccc1)C(=O)O)C(=O)[C@@H](C(=O)O)N1CCCC1. The van der Waals surface area contributed by atoms with Crippen molar-refractivity contribution < 1.29 is 24.6 Å². The Labute approximate surface area is 153 Å². The van der Waals surface area contributed by atoms with E-state index in [1.807, 2.05) is 30.3 Å². The van der Waals surface area contributed by atoms with Gasteiger partial charge in [0.2, 0.25) is 0 Å². The minimum Gasteiger partial charge on any atom is -0.480 e.